The van der Waals surface area contributed by atoms with Crippen molar-refractivity contribution >= 4 is 24.5 Å². The average Bonchev–Trinajstić information content (AvgIpc) is 2.12. The smallest absolute Gasteiger partial charge is 0.277 e. The van der Waals surface area contributed by atoms with Crippen molar-refractivity contribution in [2.75, 3.05) is 0 Å². The lowest BCUT2D eigenvalue weighted by Crippen LogP contribution is -2.20. The van der Waals surface area contributed by atoms with Crippen LogP contribution in [-0.4, -0.2) is 12.1 Å². The zero-order valence-electron chi connectivity index (χ0n) is 6.81. The van der Waals surface area contributed by atoms with E-state index in [2.05, 4.69) is 4.99 Å². The van der Waals surface area contributed by atoms with E-state index in [9.17, 15) is 4.79 Å². The van der Waals surface area contributed by atoms with Gasteiger partial charge in [-0.25, -0.2) is 4.99 Å². The number of amides is 1. The van der Waals surface area contributed by atoms with Gasteiger partial charge in [0.15, 0.2) is 0 Å². The minimum absolute atomic E-state index is 0. The van der Waals surface area contributed by atoms with Crippen LogP contribution in [0.5, 0.6) is 0 Å². The number of benzene rings is 1. The molecule has 2 N–H and O–H groups in total. The molecule has 0 spiro atoms. The Labute approximate surface area is 82.1 Å². The summed E-state index contributed by atoms with van der Waals surface area (Å²) in [5, 5.41) is 0. The number of nitrogens with two attached hydrogens (primary N) is 1. The van der Waals surface area contributed by atoms with E-state index in [-0.39, 0.29) is 24.4 Å². The predicted molar refractivity (Wildman–Crippen MR) is 53.4 cm³/mol. The van der Waals surface area contributed by atoms with Crippen LogP contribution in [0.15, 0.2) is 29.3 Å². The molecule has 0 aliphatic carbocycles. The molecule has 1 atom stereocenters. The molecule has 1 aliphatic rings. The van der Waals surface area contributed by atoms with Crippen LogP contribution in [0.1, 0.15) is 22.0 Å². The van der Waals surface area contributed by atoms with Crippen LogP contribution in [-0.2, 0) is 0 Å². The number of rotatable bonds is 0. The Morgan fingerprint density at radius 1 is 1.31 bits per heavy atom. The molecular weight excluding hydrogens is 188 g/mol. The molecule has 0 radical (unpaired) electrons. The number of aliphatic imine (C=N–C) groups is 1. The molecule has 0 fully saturated rings. The van der Waals surface area contributed by atoms with E-state index in [1.165, 1.54) is 6.21 Å². The van der Waals surface area contributed by atoms with Gasteiger partial charge in [0.25, 0.3) is 5.91 Å². The second-order valence-corrected chi connectivity index (χ2v) is 2.70. The molecule has 1 aromatic carbocycles. The van der Waals surface area contributed by atoms with Crippen LogP contribution < -0.4 is 5.73 Å². The van der Waals surface area contributed by atoms with Gasteiger partial charge in [0.05, 0.1) is 6.04 Å². The monoisotopic (exact) mass is 196 g/mol. The maximum atomic E-state index is 11.2. The van der Waals surface area contributed by atoms with Crippen molar-refractivity contribution in [2.24, 2.45) is 10.7 Å². The molecule has 2 rings (SSSR count). The lowest BCUT2D eigenvalue weighted by atomic mass is 9.99. The van der Waals surface area contributed by atoms with Crippen LogP contribution in [0, 0.1) is 0 Å². The first kappa shape index (κ1) is 9.89. The minimum atomic E-state index is -0.237. The molecular formula is C9H9ClN2O. The molecule has 0 aromatic heterocycles. The van der Waals surface area contributed by atoms with Crippen molar-refractivity contribution in [1.82, 2.24) is 0 Å². The molecule has 0 saturated carbocycles. The summed E-state index contributed by atoms with van der Waals surface area (Å²) in [4.78, 5) is 14.8. The van der Waals surface area contributed by atoms with Gasteiger partial charge in [-0.2, -0.15) is 0 Å². The molecule has 1 aliphatic heterocycles. The van der Waals surface area contributed by atoms with Crippen molar-refractivity contribution in [3.05, 3.63) is 35.4 Å². The number of carbonyl (C=O) groups excluding carboxylic acids is 1. The zero-order chi connectivity index (χ0) is 8.55. The summed E-state index contributed by atoms with van der Waals surface area (Å²) in [5.41, 5.74) is 7.18. The van der Waals surface area contributed by atoms with Crippen LogP contribution in [0.3, 0.4) is 0 Å². The fourth-order valence-electron chi connectivity index (χ4n) is 1.28. The molecule has 1 amide bonds. The second kappa shape index (κ2) is 3.68. The lowest BCUT2D eigenvalue weighted by molar-refractivity contribution is 0.1000. The third-order valence-electron chi connectivity index (χ3n) is 1.90. The van der Waals surface area contributed by atoms with Crippen LogP contribution in [0.25, 0.3) is 0 Å². The summed E-state index contributed by atoms with van der Waals surface area (Å²) in [5.74, 6) is -0.202. The number of hydrogen-bond acceptors (Lipinski definition) is 2. The summed E-state index contributed by atoms with van der Waals surface area (Å²) in [6.07, 6.45) is 1.48. The summed E-state index contributed by atoms with van der Waals surface area (Å²) < 4.78 is 0. The third-order valence-corrected chi connectivity index (χ3v) is 1.90. The quantitative estimate of drug-likeness (QED) is 0.681. The van der Waals surface area contributed by atoms with Gasteiger partial charge in [-0.05, 0) is 11.6 Å². The van der Waals surface area contributed by atoms with Crippen molar-refractivity contribution in [2.45, 2.75) is 6.04 Å². The highest BCUT2D eigenvalue weighted by molar-refractivity contribution is 6.04. The van der Waals surface area contributed by atoms with Crippen molar-refractivity contribution in [1.29, 1.82) is 0 Å². The lowest BCUT2D eigenvalue weighted by Gasteiger charge is -2.13. The maximum Gasteiger partial charge on any atom is 0.277 e. The maximum absolute atomic E-state index is 11.2. The zero-order valence-corrected chi connectivity index (χ0v) is 7.62. The van der Waals surface area contributed by atoms with Gasteiger partial charge < -0.3 is 5.73 Å². The Bertz CT molecular complexity index is 362. The summed E-state index contributed by atoms with van der Waals surface area (Å²) >= 11 is 0. The third kappa shape index (κ3) is 1.61. The Hall–Kier alpha value is -1.19. The molecule has 0 bridgehead atoms. The normalized spacial score (nSPS) is 19.2. The molecule has 68 valence electrons. The van der Waals surface area contributed by atoms with Crippen molar-refractivity contribution in [3.63, 3.8) is 0 Å². The van der Waals surface area contributed by atoms with Gasteiger partial charge in [0, 0.05) is 11.8 Å². The van der Waals surface area contributed by atoms with E-state index in [0.29, 0.717) is 5.56 Å². The summed E-state index contributed by atoms with van der Waals surface area (Å²) in [7, 11) is 0. The van der Waals surface area contributed by atoms with Crippen molar-refractivity contribution in [3.8, 4) is 0 Å². The van der Waals surface area contributed by atoms with Crippen LogP contribution in [0.2, 0.25) is 0 Å². The van der Waals surface area contributed by atoms with Gasteiger partial charge in [0.2, 0.25) is 0 Å². The van der Waals surface area contributed by atoms with E-state index in [4.69, 9.17) is 5.73 Å². The fraction of sp³-hybridized carbons (Fsp3) is 0.111. The highest BCUT2D eigenvalue weighted by atomic mass is 35.5. The van der Waals surface area contributed by atoms with Crippen LogP contribution in [0.4, 0.5) is 0 Å². The summed E-state index contributed by atoms with van der Waals surface area (Å²) in [6, 6.07) is 7.03. The summed E-state index contributed by atoms with van der Waals surface area (Å²) in [6.45, 7) is 0. The number of halogens is 1. The van der Waals surface area contributed by atoms with E-state index in [0.717, 1.165) is 5.56 Å². The van der Waals surface area contributed by atoms with Crippen molar-refractivity contribution < 1.29 is 4.79 Å². The Kier molecular flexibility index (Phi) is 2.80. The van der Waals surface area contributed by atoms with Crippen LogP contribution >= 0.6 is 12.4 Å². The average molecular weight is 197 g/mol. The molecule has 3 nitrogen and oxygen atoms in total. The molecule has 1 unspecified atom stereocenters. The highest BCUT2D eigenvalue weighted by Gasteiger charge is 2.17. The largest absolute Gasteiger partial charge is 0.319 e. The first-order valence-electron chi connectivity index (χ1n) is 3.72. The standard InChI is InChI=1S/C9H8N2O.ClH/c10-8-5-11-9(12)7-4-2-1-3-6(7)8;/h1-5,8H,10H2;1H. The second-order valence-electron chi connectivity index (χ2n) is 2.70. The Morgan fingerprint density at radius 3 is 2.69 bits per heavy atom. The number of hydrogen-bond donors (Lipinski definition) is 1. The van der Waals surface area contributed by atoms with E-state index < -0.39 is 0 Å². The fourth-order valence-corrected chi connectivity index (χ4v) is 1.28. The first-order valence-corrected chi connectivity index (χ1v) is 3.72. The molecule has 0 saturated heterocycles. The van der Waals surface area contributed by atoms with E-state index in [1.54, 1.807) is 6.07 Å². The Balaban J connectivity index is 0.000000845. The predicted octanol–water partition coefficient (Wildman–Crippen LogP) is 1.33. The molecule has 1 heterocycles. The van der Waals surface area contributed by atoms with Gasteiger partial charge in [-0.1, -0.05) is 18.2 Å². The topological polar surface area (TPSA) is 55.4 Å². The number of fused-ring (bicyclic) bond motifs is 1. The Morgan fingerprint density at radius 2 is 2.00 bits per heavy atom. The molecule has 13 heavy (non-hydrogen) atoms. The SMILES string of the molecule is Cl.NC1C=NC(=O)c2ccccc21. The van der Waals surface area contributed by atoms with Gasteiger partial charge in [-0.15, -0.1) is 12.4 Å². The number of nitrogens with zero attached hydrogens (tertiary/aromatic N) is 1. The molecule has 4 heteroatoms. The van der Waals surface area contributed by atoms with E-state index in [1.807, 2.05) is 18.2 Å². The van der Waals surface area contributed by atoms with Gasteiger partial charge in [-0.3, -0.25) is 4.79 Å². The minimum Gasteiger partial charge on any atom is -0.319 e. The first-order chi connectivity index (χ1) is 5.79. The molecule has 1 aromatic rings. The number of carbonyl (C=O) groups is 1. The van der Waals surface area contributed by atoms with Gasteiger partial charge >= 0.3 is 0 Å². The van der Waals surface area contributed by atoms with Gasteiger partial charge in [0.1, 0.15) is 0 Å². The highest BCUT2D eigenvalue weighted by Crippen LogP contribution is 2.19. The van der Waals surface area contributed by atoms with E-state index >= 15 is 0 Å².